The highest BCUT2D eigenvalue weighted by Crippen LogP contribution is 2.56. The molecule has 2 aliphatic rings. The highest BCUT2D eigenvalue weighted by Gasteiger charge is 2.51. The van der Waals surface area contributed by atoms with Crippen LogP contribution in [0.2, 0.25) is 5.02 Å². The lowest BCUT2D eigenvalue weighted by Crippen LogP contribution is -2.42. The summed E-state index contributed by atoms with van der Waals surface area (Å²) in [7, 11) is 1.47. The third-order valence-corrected chi connectivity index (χ3v) is 4.15. The third kappa shape index (κ3) is 1.57. The SMILES string of the molecule is COc1c(Cl)cc2c(c1C1(C(=O)O)CCC1)OCO2. The Kier molecular flexibility index (Phi) is 2.74. The van der Waals surface area contributed by atoms with E-state index in [0.717, 1.165) is 6.42 Å². The minimum atomic E-state index is -0.978. The summed E-state index contributed by atoms with van der Waals surface area (Å²) in [6.07, 6.45) is 1.96. The zero-order valence-corrected chi connectivity index (χ0v) is 11.1. The Morgan fingerprint density at radius 2 is 2.21 bits per heavy atom. The van der Waals surface area contributed by atoms with Crippen molar-refractivity contribution in [3.8, 4) is 17.2 Å². The second-order valence-corrected chi connectivity index (χ2v) is 5.15. The fraction of sp³-hybridized carbons (Fsp3) is 0.462. The lowest BCUT2D eigenvalue weighted by molar-refractivity contribution is -0.147. The van der Waals surface area contributed by atoms with Crippen molar-refractivity contribution in [1.82, 2.24) is 0 Å². The molecular formula is C13H13ClO5. The van der Waals surface area contributed by atoms with Crippen molar-refractivity contribution in [3.05, 3.63) is 16.7 Å². The topological polar surface area (TPSA) is 65.0 Å². The van der Waals surface area contributed by atoms with E-state index in [1.54, 1.807) is 6.07 Å². The molecule has 0 spiro atoms. The lowest BCUT2D eigenvalue weighted by atomic mass is 9.64. The molecule has 0 aromatic heterocycles. The molecule has 102 valence electrons. The predicted molar refractivity (Wildman–Crippen MR) is 67.3 cm³/mol. The summed E-state index contributed by atoms with van der Waals surface area (Å²) in [4.78, 5) is 11.7. The van der Waals surface area contributed by atoms with E-state index in [9.17, 15) is 9.90 Å². The van der Waals surface area contributed by atoms with Crippen molar-refractivity contribution in [2.24, 2.45) is 0 Å². The minimum absolute atomic E-state index is 0.0710. The van der Waals surface area contributed by atoms with Gasteiger partial charge in [0.2, 0.25) is 6.79 Å². The largest absolute Gasteiger partial charge is 0.495 e. The van der Waals surface area contributed by atoms with Gasteiger partial charge in [-0.05, 0) is 12.8 Å². The number of hydrogen-bond donors (Lipinski definition) is 1. The molecule has 0 bridgehead atoms. The van der Waals surface area contributed by atoms with Gasteiger partial charge < -0.3 is 19.3 Å². The van der Waals surface area contributed by atoms with Crippen LogP contribution in [-0.4, -0.2) is 25.0 Å². The number of carboxylic acids is 1. The summed E-state index contributed by atoms with van der Waals surface area (Å²) < 4.78 is 16.0. The number of methoxy groups -OCH3 is 1. The van der Waals surface area contributed by atoms with Crippen molar-refractivity contribution < 1.29 is 24.1 Å². The van der Waals surface area contributed by atoms with Crippen molar-refractivity contribution in [1.29, 1.82) is 0 Å². The highest BCUT2D eigenvalue weighted by molar-refractivity contribution is 6.32. The van der Waals surface area contributed by atoms with E-state index in [4.69, 9.17) is 25.8 Å². The van der Waals surface area contributed by atoms with Crippen molar-refractivity contribution in [2.75, 3.05) is 13.9 Å². The van der Waals surface area contributed by atoms with E-state index in [0.29, 0.717) is 40.7 Å². The van der Waals surface area contributed by atoms with Gasteiger partial charge in [-0.2, -0.15) is 0 Å². The summed E-state index contributed by atoms with van der Waals surface area (Å²) in [5.74, 6) is 0.418. The Morgan fingerprint density at radius 1 is 1.47 bits per heavy atom. The van der Waals surface area contributed by atoms with Gasteiger partial charge in [-0.25, -0.2) is 0 Å². The zero-order chi connectivity index (χ0) is 13.6. The summed E-state index contributed by atoms with van der Waals surface area (Å²) in [5.41, 5.74) is -0.470. The number of benzene rings is 1. The number of rotatable bonds is 3. The summed E-state index contributed by atoms with van der Waals surface area (Å²) in [6, 6.07) is 1.60. The van der Waals surface area contributed by atoms with Gasteiger partial charge in [-0.3, -0.25) is 4.79 Å². The van der Waals surface area contributed by atoms with Crippen LogP contribution in [0.3, 0.4) is 0 Å². The first kappa shape index (κ1) is 12.4. The number of aliphatic carboxylic acids is 1. The average Bonchev–Trinajstić information content (AvgIpc) is 2.74. The molecule has 0 atom stereocenters. The first-order valence-electron chi connectivity index (χ1n) is 6.00. The van der Waals surface area contributed by atoms with Gasteiger partial charge in [0.1, 0.15) is 11.2 Å². The Labute approximate surface area is 115 Å². The Balaban J connectivity index is 2.27. The number of halogens is 1. The lowest BCUT2D eigenvalue weighted by Gasteiger charge is -2.39. The third-order valence-electron chi connectivity index (χ3n) is 3.87. The quantitative estimate of drug-likeness (QED) is 0.924. The molecular weight excluding hydrogens is 272 g/mol. The van der Waals surface area contributed by atoms with Crippen LogP contribution in [-0.2, 0) is 10.2 Å². The second-order valence-electron chi connectivity index (χ2n) is 4.74. The highest BCUT2D eigenvalue weighted by atomic mass is 35.5. The van der Waals surface area contributed by atoms with Crippen LogP contribution >= 0.6 is 11.6 Å². The predicted octanol–water partition coefficient (Wildman–Crippen LogP) is 2.58. The molecule has 1 saturated carbocycles. The molecule has 0 radical (unpaired) electrons. The van der Waals surface area contributed by atoms with Crippen molar-refractivity contribution in [3.63, 3.8) is 0 Å². The molecule has 1 fully saturated rings. The van der Waals surface area contributed by atoms with Gasteiger partial charge in [-0.1, -0.05) is 18.0 Å². The Hall–Kier alpha value is -1.62. The molecule has 1 aliphatic carbocycles. The average molecular weight is 285 g/mol. The Bertz CT molecular complexity index is 547. The van der Waals surface area contributed by atoms with E-state index in [1.807, 2.05) is 0 Å². The van der Waals surface area contributed by atoms with Crippen molar-refractivity contribution >= 4 is 17.6 Å². The maximum Gasteiger partial charge on any atom is 0.314 e. The monoisotopic (exact) mass is 284 g/mol. The molecule has 1 aromatic carbocycles. The van der Waals surface area contributed by atoms with E-state index >= 15 is 0 Å². The van der Waals surface area contributed by atoms with Crippen LogP contribution in [0.4, 0.5) is 0 Å². The number of ether oxygens (including phenoxy) is 3. The number of carboxylic acid groups (broad SMARTS) is 1. The van der Waals surface area contributed by atoms with Crippen LogP contribution in [0.25, 0.3) is 0 Å². The molecule has 0 unspecified atom stereocenters. The molecule has 0 saturated heterocycles. The van der Waals surface area contributed by atoms with Crippen LogP contribution in [0.15, 0.2) is 6.07 Å². The number of carbonyl (C=O) groups is 1. The van der Waals surface area contributed by atoms with E-state index in [1.165, 1.54) is 7.11 Å². The molecule has 19 heavy (non-hydrogen) atoms. The van der Waals surface area contributed by atoms with Gasteiger partial charge >= 0.3 is 5.97 Å². The molecule has 1 heterocycles. The van der Waals surface area contributed by atoms with Crippen LogP contribution in [0, 0.1) is 0 Å². The maximum atomic E-state index is 11.7. The molecule has 6 heteroatoms. The van der Waals surface area contributed by atoms with E-state index < -0.39 is 11.4 Å². The second kappa shape index (κ2) is 4.20. The van der Waals surface area contributed by atoms with Crippen molar-refractivity contribution in [2.45, 2.75) is 24.7 Å². The first-order chi connectivity index (χ1) is 9.10. The summed E-state index contributed by atoms with van der Waals surface area (Å²) in [6.45, 7) is 0.0710. The summed E-state index contributed by atoms with van der Waals surface area (Å²) in [5, 5.41) is 9.93. The number of hydrogen-bond acceptors (Lipinski definition) is 4. The van der Waals surface area contributed by atoms with Crippen LogP contribution < -0.4 is 14.2 Å². The van der Waals surface area contributed by atoms with Crippen LogP contribution in [0.1, 0.15) is 24.8 Å². The molecule has 0 amide bonds. The van der Waals surface area contributed by atoms with Gasteiger partial charge in [0.05, 0.1) is 17.7 Å². The fourth-order valence-corrected chi connectivity index (χ4v) is 3.00. The zero-order valence-electron chi connectivity index (χ0n) is 10.4. The fourth-order valence-electron chi connectivity index (χ4n) is 2.73. The molecule has 3 rings (SSSR count). The van der Waals surface area contributed by atoms with Gasteiger partial charge in [-0.15, -0.1) is 0 Å². The molecule has 1 N–H and O–H groups in total. The standard InChI is InChI=1S/C13H13ClO5/c1-17-10-7(14)5-8-11(19-6-18-8)9(10)13(12(15)16)3-2-4-13/h5H,2-4,6H2,1H3,(H,15,16). The number of fused-ring (bicyclic) bond motifs is 1. The van der Waals surface area contributed by atoms with Gasteiger partial charge in [0, 0.05) is 6.07 Å². The van der Waals surface area contributed by atoms with Gasteiger partial charge in [0.25, 0.3) is 0 Å². The Morgan fingerprint density at radius 3 is 2.74 bits per heavy atom. The van der Waals surface area contributed by atoms with Crippen LogP contribution in [0.5, 0.6) is 17.2 Å². The van der Waals surface area contributed by atoms with E-state index in [2.05, 4.69) is 0 Å². The molecule has 5 nitrogen and oxygen atoms in total. The van der Waals surface area contributed by atoms with Gasteiger partial charge in [0.15, 0.2) is 11.5 Å². The first-order valence-corrected chi connectivity index (χ1v) is 6.38. The normalized spacial score (nSPS) is 18.8. The summed E-state index contributed by atoms with van der Waals surface area (Å²) >= 11 is 6.15. The van der Waals surface area contributed by atoms with E-state index in [-0.39, 0.29) is 6.79 Å². The maximum absolute atomic E-state index is 11.7. The molecule has 1 aliphatic heterocycles. The molecule has 1 aromatic rings. The minimum Gasteiger partial charge on any atom is -0.495 e. The smallest absolute Gasteiger partial charge is 0.314 e.